The molecule has 0 aliphatic carbocycles. The first-order valence-electron chi connectivity index (χ1n) is 5.48. The zero-order chi connectivity index (χ0) is 11.5. The van der Waals surface area contributed by atoms with E-state index in [0.29, 0.717) is 10.2 Å². The van der Waals surface area contributed by atoms with Gasteiger partial charge in [-0.25, -0.2) is 4.39 Å². The van der Waals surface area contributed by atoms with Crippen molar-refractivity contribution in [1.29, 1.82) is 0 Å². The molecule has 4 heteroatoms. The Morgan fingerprint density at radius 2 is 2.25 bits per heavy atom. The Labute approximate surface area is 103 Å². The highest BCUT2D eigenvalue weighted by Gasteiger charge is 2.20. The van der Waals surface area contributed by atoms with Crippen molar-refractivity contribution >= 4 is 15.9 Å². The van der Waals surface area contributed by atoms with Crippen LogP contribution in [0.1, 0.15) is 30.9 Å². The zero-order valence-corrected chi connectivity index (χ0v) is 10.8. The summed E-state index contributed by atoms with van der Waals surface area (Å²) in [5, 5.41) is 3.43. The fourth-order valence-electron chi connectivity index (χ4n) is 2.11. The number of hydrogen-bond acceptors (Lipinski definition) is 2. The van der Waals surface area contributed by atoms with Crippen molar-refractivity contribution < 1.29 is 9.13 Å². The van der Waals surface area contributed by atoms with Gasteiger partial charge in [0.15, 0.2) is 0 Å². The Bertz CT molecular complexity index is 378. The minimum absolute atomic E-state index is 0.278. The van der Waals surface area contributed by atoms with Crippen molar-refractivity contribution in [2.24, 2.45) is 0 Å². The summed E-state index contributed by atoms with van der Waals surface area (Å²) < 4.78 is 19.1. The van der Waals surface area contributed by atoms with E-state index in [1.54, 1.807) is 7.11 Å². The Balaban J connectivity index is 2.33. The summed E-state index contributed by atoms with van der Waals surface area (Å²) in [6.07, 6.45) is 3.49. The van der Waals surface area contributed by atoms with E-state index < -0.39 is 0 Å². The highest BCUT2D eigenvalue weighted by atomic mass is 79.9. The van der Waals surface area contributed by atoms with Gasteiger partial charge in [-0.15, -0.1) is 0 Å². The molecule has 0 radical (unpaired) electrons. The standard InChI is InChI=1S/C12H15BrFNO/c1-16-12-7-10(14)9(13)6-8(12)11-4-2-3-5-15-11/h6-7,11,15H,2-5H2,1H3. The topological polar surface area (TPSA) is 21.3 Å². The van der Waals surface area contributed by atoms with Gasteiger partial charge >= 0.3 is 0 Å². The Hall–Kier alpha value is -0.610. The lowest BCUT2D eigenvalue weighted by Gasteiger charge is -2.25. The lowest BCUT2D eigenvalue weighted by Crippen LogP contribution is -2.27. The van der Waals surface area contributed by atoms with Gasteiger partial charge in [-0.05, 0) is 41.4 Å². The average molecular weight is 288 g/mol. The first-order chi connectivity index (χ1) is 7.72. The highest BCUT2D eigenvalue weighted by molar-refractivity contribution is 9.10. The van der Waals surface area contributed by atoms with Crippen LogP contribution in [-0.4, -0.2) is 13.7 Å². The molecule has 88 valence electrons. The average Bonchev–Trinajstić information content (AvgIpc) is 2.33. The Morgan fingerprint density at radius 1 is 1.44 bits per heavy atom. The molecular formula is C12H15BrFNO. The van der Waals surface area contributed by atoms with Gasteiger partial charge < -0.3 is 10.1 Å². The van der Waals surface area contributed by atoms with Crippen LogP contribution in [0.2, 0.25) is 0 Å². The molecule has 1 N–H and O–H groups in total. The van der Waals surface area contributed by atoms with Crippen LogP contribution in [-0.2, 0) is 0 Å². The second-order valence-corrected chi connectivity index (χ2v) is 4.87. The van der Waals surface area contributed by atoms with Gasteiger partial charge in [0.25, 0.3) is 0 Å². The van der Waals surface area contributed by atoms with E-state index in [9.17, 15) is 4.39 Å². The molecule has 0 amide bonds. The Morgan fingerprint density at radius 3 is 2.88 bits per heavy atom. The number of methoxy groups -OCH3 is 1. The third-order valence-electron chi connectivity index (χ3n) is 2.96. The van der Waals surface area contributed by atoms with Gasteiger partial charge in [0, 0.05) is 17.7 Å². The first-order valence-corrected chi connectivity index (χ1v) is 6.28. The number of piperidine rings is 1. The van der Waals surface area contributed by atoms with Crippen LogP contribution in [0.4, 0.5) is 4.39 Å². The van der Waals surface area contributed by atoms with Crippen LogP contribution >= 0.6 is 15.9 Å². The van der Waals surface area contributed by atoms with Gasteiger partial charge in [-0.1, -0.05) is 6.42 Å². The second kappa shape index (κ2) is 5.15. The Kier molecular flexibility index (Phi) is 3.82. The third-order valence-corrected chi connectivity index (χ3v) is 3.57. The van der Waals surface area contributed by atoms with Crippen molar-refractivity contribution in [1.82, 2.24) is 5.32 Å². The predicted octanol–water partition coefficient (Wildman–Crippen LogP) is 3.41. The quantitative estimate of drug-likeness (QED) is 0.900. The van der Waals surface area contributed by atoms with Crippen LogP contribution in [0.3, 0.4) is 0 Å². The van der Waals surface area contributed by atoms with Crippen molar-refractivity contribution in [3.05, 3.63) is 28.0 Å². The second-order valence-electron chi connectivity index (χ2n) is 4.01. The molecule has 1 aliphatic heterocycles. The monoisotopic (exact) mass is 287 g/mol. The summed E-state index contributed by atoms with van der Waals surface area (Å²) in [7, 11) is 1.58. The van der Waals surface area contributed by atoms with Gasteiger partial charge in [0.1, 0.15) is 11.6 Å². The number of benzene rings is 1. The van der Waals surface area contributed by atoms with E-state index in [4.69, 9.17) is 4.74 Å². The predicted molar refractivity (Wildman–Crippen MR) is 65.2 cm³/mol. The van der Waals surface area contributed by atoms with Crippen molar-refractivity contribution in [3.8, 4) is 5.75 Å². The minimum atomic E-state index is -0.281. The molecule has 2 rings (SSSR count). The molecule has 0 spiro atoms. The van der Waals surface area contributed by atoms with Crippen LogP contribution < -0.4 is 10.1 Å². The van der Waals surface area contributed by atoms with Crippen LogP contribution in [0, 0.1) is 5.82 Å². The van der Waals surface area contributed by atoms with Crippen LogP contribution in [0.25, 0.3) is 0 Å². The molecule has 1 saturated heterocycles. The molecule has 0 aromatic heterocycles. The molecule has 16 heavy (non-hydrogen) atoms. The number of hydrogen-bond donors (Lipinski definition) is 1. The fraction of sp³-hybridized carbons (Fsp3) is 0.500. The maximum atomic E-state index is 13.4. The smallest absolute Gasteiger partial charge is 0.141 e. The summed E-state index contributed by atoms with van der Waals surface area (Å²) in [6, 6.07) is 3.54. The molecule has 1 heterocycles. The normalized spacial score (nSPS) is 20.8. The third kappa shape index (κ3) is 2.38. The lowest BCUT2D eigenvalue weighted by atomic mass is 9.97. The van der Waals surface area contributed by atoms with E-state index in [2.05, 4.69) is 21.2 Å². The molecule has 0 bridgehead atoms. The molecule has 1 unspecified atom stereocenters. The molecular weight excluding hydrogens is 273 g/mol. The van der Waals surface area contributed by atoms with Crippen molar-refractivity contribution in [3.63, 3.8) is 0 Å². The van der Waals surface area contributed by atoms with Gasteiger partial charge in [-0.3, -0.25) is 0 Å². The van der Waals surface area contributed by atoms with Crippen molar-refractivity contribution in [2.75, 3.05) is 13.7 Å². The largest absolute Gasteiger partial charge is 0.496 e. The SMILES string of the molecule is COc1cc(F)c(Br)cc1C1CCCCN1. The van der Waals surface area contributed by atoms with E-state index >= 15 is 0 Å². The minimum Gasteiger partial charge on any atom is -0.496 e. The lowest BCUT2D eigenvalue weighted by molar-refractivity contribution is 0.371. The van der Waals surface area contributed by atoms with Crippen molar-refractivity contribution in [2.45, 2.75) is 25.3 Å². The van der Waals surface area contributed by atoms with E-state index in [1.165, 1.54) is 18.9 Å². The number of nitrogens with one attached hydrogen (secondary N) is 1. The molecule has 1 aliphatic rings. The van der Waals surface area contributed by atoms with Gasteiger partial charge in [0.2, 0.25) is 0 Å². The maximum Gasteiger partial charge on any atom is 0.141 e. The van der Waals surface area contributed by atoms with E-state index in [0.717, 1.165) is 18.5 Å². The summed E-state index contributed by atoms with van der Waals surface area (Å²) in [6.45, 7) is 1.02. The van der Waals surface area contributed by atoms with Gasteiger partial charge in [0.05, 0.1) is 11.6 Å². The summed E-state index contributed by atoms with van der Waals surface area (Å²) in [4.78, 5) is 0. The first kappa shape index (κ1) is 11.9. The van der Waals surface area contributed by atoms with E-state index in [1.807, 2.05) is 6.07 Å². The summed E-state index contributed by atoms with van der Waals surface area (Å²) in [5.74, 6) is 0.344. The maximum absolute atomic E-state index is 13.4. The molecule has 1 aromatic carbocycles. The molecule has 1 atom stereocenters. The zero-order valence-electron chi connectivity index (χ0n) is 9.22. The highest BCUT2D eigenvalue weighted by Crippen LogP contribution is 2.34. The fourth-order valence-corrected chi connectivity index (χ4v) is 2.47. The summed E-state index contributed by atoms with van der Waals surface area (Å²) >= 11 is 3.22. The van der Waals surface area contributed by atoms with Crippen LogP contribution in [0.5, 0.6) is 5.75 Å². The molecule has 1 fully saturated rings. The molecule has 2 nitrogen and oxygen atoms in total. The molecule has 0 saturated carbocycles. The number of ether oxygens (including phenoxy) is 1. The molecule has 1 aromatic rings. The van der Waals surface area contributed by atoms with Gasteiger partial charge in [-0.2, -0.15) is 0 Å². The summed E-state index contributed by atoms with van der Waals surface area (Å²) in [5.41, 5.74) is 1.04. The number of rotatable bonds is 2. The van der Waals surface area contributed by atoms with E-state index in [-0.39, 0.29) is 11.9 Å². The number of halogens is 2. The van der Waals surface area contributed by atoms with Crippen LogP contribution in [0.15, 0.2) is 16.6 Å².